The quantitative estimate of drug-likeness (QED) is 0.286. The Bertz CT molecular complexity index is 1220. The molecule has 0 spiro atoms. The lowest BCUT2D eigenvalue weighted by Gasteiger charge is -2.11. The lowest BCUT2D eigenvalue weighted by atomic mass is 10.2. The molecule has 35 heavy (non-hydrogen) atoms. The summed E-state index contributed by atoms with van der Waals surface area (Å²) in [7, 11) is 1.49. The Kier molecular flexibility index (Phi) is 9.34. The Morgan fingerprint density at radius 1 is 0.914 bits per heavy atom. The molecule has 3 aromatic rings. The molecular formula is C25H23Cl2N3O5. The lowest BCUT2D eigenvalue weighted by Crippen LogP contribution is -2.20. The number of ether oxygens (including phenoxy) is 3. The van der Waals surface area contributed by atoms with Crippen LogP contribution in [0.4, 0.5) is 5.69 Å². The summed E-state index contributed by atoms with van der Waals surface area (Å²) in [6.45, 7) is 2.08. The van der Waals surface area contributed by atoms with Gasteiger partial charge < -0.3 is 19.5 Å². The molecule has 3 aromatic carbocycles. The van der Waals surface area contributed by atoms with Crippen molar-refractivity contribution in [2.45, 2.75) is 6.92 Å². The van der Waals surface area contributed by atoms with Crippen molar-refractivity contribution >= 4 is 46.9 Å². The van der Waals surface area contributed by atoms with Crippen LogP contribution in [0.2, 0.25) is 10.0 Å². The van der Waals surface area contributed by atoms with Crippen LogP contribution in [0.3, 0.4) is 0 Å². The van der Waals surface area contributed by atoms with Crippen LogP contribution in [0.1, 0.15) is 22.8 Å². The number of benzene rings is 3. The van der Waals surface area contributed by atoms with Gasteiger partial charge in [-0.15, -0.1) is 0 Å². The number of methoxy groups -OCH3 is 1. The predicted molar refractivity (Wildman–Crippen MR) is 136 cm³/mol. The monoisotopic (exact) mass is 515 g/mol. The number of hydrogen-bond donors (Lipinski definition) is 2. The molecule has 0 radical (unpaired) electrons. The average molecular weight is 516 g/mol. The van der Waals surface area contributed by atoms with E-state index in [4.69, 9.17) is 37.4 Å². The fraction of sp³-hybridized carbons (Fsp3) is 0.160. The van der Waals surface area contributed by atoms with E-state index in [2.05, 4.69) is 15.8 Å². The predicted octanol–water partition coefficient (Wildman–Crippen LogP) is 5.18. The van der Waals surface area contributed by atoms with Gasteiger partial charge >= 0.3 is 0 Å². The second kappa shape index (κ2) is 12.6. The summed E-state index contributed by atoms with van der Waals surface area (Å²) < 4.78 is 16.4. The fourth-order valence-electron chi connectivity index (χ4n) is 2.93. The molecule has 0 atom stereocenters. The number of amides is 2. The first-order chi connectivity index (χ1) is 16.9. The lowest BCUT2D eigenvalue weighted by molar-refractivity contribution is -0.118. The van der Waals surface area contributed by atoms with E-state index in [1.54, 1.807) is 60.7 Å². The number of halogens is 2. The Labute approximate surface area is 212 Å². The standard InChI is InChI=1S/C25H23Cl2N3O5/c1-3-34-22-10-4-16(13-23(22)33-2)25(32)30-28-14-17-12-19(27)7-11-21(17)35-15-24(31)29-20-8-5-18(26)6-9-20/h4-14H,3,15H2,1-2H3,(H,29,31)(H,30,32)/b28-14+. The van der Waals surface area contributed by atoms with E-state index < -0.39 is 5.91 Å². The van der Waals surface area contributed by atoms with Gasteiger partial charge in [-0.2, -0.15) is 5.10 Å². The zero-order valence-electron chi connectivity index (χ0n) is 19.0. The average Bonchev–Trinajstić information content (AvgIpc) is 2.85. The van der Waals surface area contributed by atoms with Crippen LogP contribution < -0.4 is 25.0 Å². The van der Waals surface area contributed by atoms with E-state index >= 15 is 0 Å². The van der Waals surface area contributed by atoms with Gasteiger partial charge in [-0.05, 0) is 67.6 Å². The van der Waals surface area contributed by atoms with Gasteiger partial charge in [-0.1, -0.05) is 23.2 Å². The van der Waals surface area contributed by atoms with Crippen LogP contribution in [0.15, 0.2) is 65.8 Å². The molecule has 0 bridgehead atoms. The molecule has 2 amide bonds. The first-order valence-electron chi connectivity index (χ1n) is 10.5. The molecule has 0 aliphatic carbocycles. The number of rotatable bonds is 10. The van der Waals surface area contributed by atoms with Crippen LogP contribution in [0, 0.1) is 0 Å². The minimum atomic E-state index is -0.450. The second-order valence-electron chi connectivity index (χ2n) is 7.02. The smallest absolute Gasteiger partial charge is 0.271 e. The van der Waals surface area contributed by atoms with E-state index in [0.717, 1.165) is 0 Å². The SMILES string of the molecule is CCOc1ccc(C(=O)N/N=C/c2cc(Cl)ccc2OCC(=O)Nc2ccc(Cl)cc2)cc1OC. The molecule has 10 heteroatoms. The number of nitrogens with one attached hydrogen (secondary N) is 2. The summed E-state index contributed by atoms with van der Waals surface area (Å²) in [5.74, 6) is 0.528. The Morgan fingerprint density at radius 3 is 2.34 bits per heavy atom. The Morgan fingerprint density at radius 2 is 1.63 bits per heavy atom. The van der Waals surface area contributed by atoms with E-state index in [1.165, 1.54) is 13.3 Å². The molecule has 3 rings (SSSR count). The highest BCUT2D eigenvalue weighted by atomic mass is 35.5. The van der Waals surface area contributed by atoms with Crippen LogP contribution in [0.5, 0.6) is 17.2 Å². The van der Waals surface area contributed by atoms with Crippen LogP contribution in [-0.4, -0.2) is 38.4 Å². The summed E-state index contributed by atoms with van der Waals surface area (Å²) in [5.41, 5.74) is 3.85. The third kappa shape index (κ3) is 7.63. The fourth-order valence-corrected chi connectivity index (χ4v) is 3.24. The molecule has 182 valence electrons. The van der Waals surface area contributed by atoms with Crippen molar-refractivity contribution in [3.63, 3.8) is 0 Å². The molecule has 0 aliphatic rings. The molecule has 0 saturated carbocycles. The summed E-state index contributed by atoms with van der Waals surface area (Å²) in [6.07, 6.45) is 1.38. The molecule has 0 unspecified atom stereocenters. The zero-order chi connectivity index (χ0) is 25.2. The number of carbonyl (C=O) groups is 2. The van der Waals surface area contributed by atoms with Gasteiger partial charge in [-0.25, -0.2) is 5.43 Å². The van der Waals surface area contributed by atoms with Crippen molar-refractivity contribution in [1.82, 2.24) is 5.43 Å². The van der Waals surface area contributed by atoms with Gasteiger partial charge in [0, 0.05) is 26.9 Å². The van der Waals surface area contributed by atoms with Crippen molar-refractivity contribution in [2.24, 2.45) is 5.10 Å². The minimum absolute atomic E-state index is 0.247. The van der Waals surface area contributed by atoms with Gasteiger partial charge in [-0.3, -0.25) is 9.59 Å². The number of nitrogens with zero attached hydrogens (tertiary/aromatic N) is 1. The largest absolute Gasteiger partial charge is 0.493 e. The molecule has 0 saturated heterocycles. The summed E-state index contributed by atoms with van der Waals surface area (Å²) in [5, 5.41) is 7.70. The van der Waals surface area contributed by atoms with Crippen molar-refractivity contribution in [1.29, 1.82) is 0 Å². The molecule has 8 nitrogen and oxygen atoms in total. The molecular weight excluding hydrogens is 493 g/mol. The van der Waals surface area contributed by atoms with Crippen molar-refractivity contribution in [3.8, 4) is 17.2 Å². The molecule has 0 fully saturated rings. The van der Waals surface area contributed by atoms with E-state index in [1.807, 2.05) is 6.92 Å². The number of hydrazone groups is 1. The number of anilines is 1. The highest BCUT2D eigenvalue weighted by molar-refractivity contribution is 6.31. The van der Waals surface area contributed by atoms with E-state index in [9.17, 15) is 9.59 Å². The normalized spacial score (nSPS) is 10.6. The topological polar surface area (TPSA) is 98.3 Å². The van der Waals surface area contributed by atoms with Crippen molar-refractivity contribution in [3.05, 3.63) is 81.8 Å². The van der Waals surface area contributed by atoms with Gasteiger partial charge in [0.05, 0.1) is 19.9 Å². The third-order valence-electron chi connectivity index (χ3n) is 4.55. The third-order valence-corrected chi connectivity index (χ3v) is 5.04. The summed E-state index contributed by atoms with van der Waals surface area (Å²) >= 11 is 11.9. The first-order valence-corrected chi connectivity index (χ1v) is 11.3. The van der Waals surface area contributed by atoms with Gasteiger partial charge in [0.1, 0.15) is 5.75 Å². The minimum Gasteiger partial charge on any atom is -0.493 e. The summed E-state index contributed by atoms with van der Waals surface area (Å²) in [6, 6.07) is 16.4. The molecule has 0 aliphatic heterocycles. The van der Waals surface area contributed by atoms with E-state index in [0.29, 0.717) is 50.7 Å². The highest BCUT2D eigenvalue weighted by Crippen LogP contribution is 2.28. The van der Waals surface area contributed by atoms with Crippen molar-refractivity contribution in [2.75, 3.05) is 25.6 Å². The Hall–Kier alpha value is -3.75. The number of carbonyl (C=O) groups excluding carboxylic acids is 2. The maximum atomic E-state index is 12.5. The van der Waals surface area contributed by atoms with Crippen LogP contribution in [0.25, 0.3) is 0 Å². The van der Waals surface area contributed by atoms with Gasteiger partial charge in [0.25, 0.3) is 11.8 Å². The van der Waals surface area contributed by atoms with E-state index in [-0.39, 0.29) is 12.5 Å². The first kappa shape index (κ1) is 25.9. The molecule has 0 heterocycles. The van der Waals surface area contributed by atoms with Crippen LogP contribution >= 0.6 is 23.2 Å². The second-order valence-corrected chi connectivity index (χ2v) is 7.90. The summed E-state index contributed by atoms with van der Waals surface area (Å²) in [4.78, 5) is 24.7. The van der Waals surface area contributed by atoms with Gasteiger partial charge in [0.15, 0.2) is 18.1 Å². The number of hydrogen-bond acceptors (Lipinski definition) is 6. The van der Waals surface area contributed by atoms with Crippen LogP contribution in [-0.2, 0) is 4.79 Å². The van der Waals surface area contributed by atoms with Crippen molar-refractivity contribution < 1.29 is 23.8 Å². The maximum Gasteiger partial charge on any atom is 0.271 e. The highest BCUT2D eigenvalue weighted by Gasteiger charge is 2.11. The molecule has 0 aromatic heterocycles. The Balaban J connectivity index is 1.63. The van der Waals surface area contributed by atoms with Gasteiger partial charge in [0.2, 0.25) is 0 Å². The maximum absolute atomic E-state index is 12.5. The zero-order valence-corrected chi connectivity index (χ0v) is 20.5. The molecule has 2 N–H and O–H groups in total.